The van der Waals surface area contributed by atoms with E-state index in [-0.39, 0.29) is 23.2 Å². The Balaban J connectivity index is 2.22. The minimum Gasteiger partial charge on any atom is -0.481 e. The standard InChI is InChI=1S/C20H34O4/c1-12(10-17(22)23)6-8-14-13(2)7-9-16-19(3,4)18(24)15(21)11-20(14,16)5/h7,12,14-16,18,21,24H,6,8-11H2,1-5H3,(H,22,23)/t12-,14-,15+,16-,18+,20+/m1/s1. The van der Waals surface area contributed by atoms with Gasteiger partial charge in [0.2, 0.25) is 0 Å². The molecule has 1 saturated carbocycles. The fourth-order valence-electron chi connectivity index (χ4n) is 5.59. The summed E-state index contributed by atoms with van der Waals surface area (Å²) in [6.07, 6.45) is 4.52. The van der Waals surface area contributed by atoms with Crippen molar-refractivity contribution in [3.8, 4) is 0 Å². The first-order valence-electron chi connectivity index (χ1n) is 9.24. The molecule has 138 valence electrons. The molecule has 0 aromatic heterocycles. The van der Waals surface area contributed by atoms with Gasteiger partial charge in [-0.3, -0.25) is 4.79 Å². The molecule has 0 aromatic rings. The van der Waals surface area contributed by atoms with E-state index in [9.17, 15) is 15.0 Å². The fraction of sp³-hybridized carbons (Fsp3) is 0.850. The summed E-state index contributed by atoms with van der Waals surface area (Å²) >= 11 is 0. The maximum absolute atomic E-state index is 10.9. The van der Waals surface area contributed by atoms with Crippen LogP contribution >= 0.6 is 0 Å². The Morgan fingerprint density at radius 1 is 1.33 bits per heavy atom. The third-order valence-corrected chi connectivity index (χ3v) is 6.96. The zero-order valence-corrected chi connectivity index (χ0v) is 15.7. The largest absolute Gasteiger partial charge is 0.481 e. The molecule has 0 bridgehead atoms. The predicted octanol–water partition coefficient (Wildman–Crippen LogP) is 3.62. The lowest BCUT2D eigenvalue weighted by molar-refractivity contribution is -0.174. The fourth-order valence-corrected chi connectivity index (χ4v) is 5.59. The van der Waals surface area contributed by atoms with Gasteiger partial charge in [0.15, 0.2) is 0 Å². The Morgan fingerprint density at radius 3 is 2.54 bits per heavy atom. The van der Waals surface area contributed by atoms with E-state index in [0.29, 0.717) is 18.3 Å². The monoisotopic (exact) mass is 338 g/mol. The normalized spacial score (nSPS) is 39.7. The van der Waals surface area contributed by atoms with Crippen LogP contribution < -0.4 is 0 Å². The zero-order valence-electron chi connectivity index (χ0n) is 15.7. The van der Waals surface area contributed by atoms with Crippen LogP contribution in [-0.2, 0) is 4.79 Å². The number of hydrogen-bond donors (Lipinski definition) is 3. The Hall–Kier alpha value is -0.870. The van der Waals surface area contributed by atoms with E-state index in [2.05, 4.69) is 33.8 Å². The first-order chi connectivity index (χ1) is 11.0. The van der Waals surface area contributed by atoms with Crippen LogP contribution in [0.2, 0.25) is 0 Å². The SMILES string of the molecule is CC1=CC[C@@H]2C(C)(C)[C@@H](O)[C@@H](O)C[C@@]2(C)[C@@H]1CC[C@@H](C)CC(=O)O. The molecule has 2 aliphatic carbocycles. The molecule has 0 radical (unpaired) electrons. The Kier molecular flexibility index (Phi) is 5.51. The maximum Gasteiger partial charge on any atom is 0.303 e. The summed E-state index contributed by atoms with van der Waals surface area (Å²) in [5, 5.41) is 29.9. The van der Waals surface area contributed by atoms with E-state index in [1.54, 1.807) is 0 Å². The van der Waals surface area contributed by atoms with E-state index in [0.717, 1.165) is 19.3 Å². The van der Waals surface area contributed by atoms with Gasteiger partial charge in [0.25, 0.3) is 0 Å². The van der Waals surface area contributed by atoms with E-state index >= 15 is 0 Å². The second-order valence-electron chi connectivity index (χ2n) is 9.11. The number of carboxylic acid groups (broad SMARTS) is 1. The van der Waals surface area contributed by atoms with Crippen molar-refractivity contribution >= 4 is 5.97 Å². The van der Waals surface area contributed by atoms with Crippen molar-refractivity contribution in [1.29, 1.82) is 0 Å². The highest BCUT2D eigenvalue weighted by atomic mass is 16.4. The zero-order chi connectivity index (χ0) is 18.3. The van der Waals surface area contributed by atoms with Crippen molar-refractivity contribution in [2.45, 2.75) is 78.9 Å². The molecular weight excluding hydrogens is 304 g/mol. The molecule has 6 atom stereocenters. The second kappa shape index (κ2) is 6.80. The highest BCUT2D eigenvalue weighted by molar-refractivity contribution is 5.66. The summed E-state index contributed by atoms with van der Waals surface area (Å²) in [5.74, 6) is 0.0898. The maximum atomic E-state index is 10.9. The van der Waals surface area contributed by atoms with Crippen LogP contribution in [0.3, 0.4) is 0 Å². The van der Waals surface area contributed by atoms with Crippen molar-refractivity contribution in [3.05, 3.63) is 11.6 Å². The van der Waals surface area contributed by atoms with E-state index in [1.807, 2.05) is 6.92 Å². The number of rotatable bonds is 5. The number of hydrogen-bond acceptors (Lipinski definition) is 3. The van der Waals surface area contributed by atoms with Crippen LogP contribution in [0.25, 0.3) is 0 Å². The van der Waals surface area contributed by atoms with Crippen LogP contribution in [0.4, 0.5) is 0 Å². The van der Waals surface area contributed by atoms with Crippen molar-refractivity contribution < 1.29 is 20.1 Å². The first kappa shape index (κ1) is 19.5. The molecule has 4 heteroatoms. The molecular formula is C20H34O4. The van der Waals surface area contributed by atoms with E-state index in [4.69, 9.17) is 5.11 Å². The summed E-state index contributed by atoms with van der Waals surface area (Å²) in [5.41, 5.74) is 0.981. The van der Waals surface area contributed by atoms with Gasteiger partial charge in [-0.25, -0.2) is 0 Å². The van der Waals surface area contributed by atoms with Crippen molar-refractivity contribution in [1.82, 2.24) is 0 Å². The molecule has 3 N–H and O–H groups in total. The number of carbonyl (C=O) groups is 1. The topological polar surface area (TPSA) is 77.8 Å². The molecule has 0 heterocycles. The van der Waals surface area contributed by atoms with Gasteiger partial charge in [0, 0.05) is 6.42 Å². The summed E-state index contributed by atoms with van der Waals surface area (Å²) in [6, 6.07) is 0. The summed E-state index contributed by atoms with van der Waals surface area (Å²) in [4.78, 5) is 10.9. The molecule has 0 saturated heterocycles. The van der Waals surface area contributed by atoms with Gasteiger partial charge in [0.1, 0.15) is 0 Å². The average Bonchev–Trinajstić information content (AvgIpc) is 2.43. The summed E-state index contributed by atoms with van der Waals surface area (Å²) in [6.45, 7) is 10.6. The van der Waals surface area contributed by atoms with E-state index in [1.165, 1.54) is 5.57 Å². The Labute approximate surface area is 146 Å². The molecule has 0 amide bonds. The molecule has 4 nitrogen and oxygen atoms in total. The molecule has 24 heavy (non-hydrogen) atoms. The van der Waals surface area contributed by atoms with Gasteiger partial charge in [-0.2, -0.15) is 0 Å². The molecule has 1 fully saturated rings. The van der Waals surface area contributed by atoms with Crippen LogP contribution in [0.15, 0.2) is 11.6 Å². The number of allylic oxidation sites excluding steroid dienone is 2. The van der Waals surface area contributed by atoms with Crippen LogP contribution in [0.1, 0.15) is 66.7 Å². The van der Waals surface area contributed by atoms with E-state index < -0.39 is 18.2 Å². The van der Waals surface area contributed by atoms with Crippen LogP contribution in [0, 0.1) is 28.6 Å². The minimum atomic E-state index is -0.736. The summed E-state index contributed by atoms with van der Waals surface area (Å²) < 4.78 is 0. The van der Waals surface area contributed by atoms with Crippen molar-refractivity contribution in [3.63, 3.8) is 0 Å². The average molecular weight is 338 g/mol. The number of fused-ring (bicyclic) bond motifs is 1. The van der Waals surface area contributed by atoms with Gasteiger partial charge in [-0.15, -0.1) is 0 Å². The number of carboxylic acids is 1. The van der Waals surface area contributed by atoms with Crippen LogP contribution in [-0.4, -0.2) is 33.5 Å². The van der Waals surface area contributed by atoms with Gasteiger partial charge < -0.3 is 15.3 Å². The minimum absolute atomic E-state index is 0.0517. The van der Waals surface area contributed by atoms with Crippen molar-refractivity contribution in [2.24, 2.45) is 28.6 Å². The third kappa shape index (κ3) is 3.41. The van der Waals surface area contributed by atoms with Crippen molar-refractivity contribution in [2.75, 3.05) is 0 Å². The predicted molar refractivity (Wildman–Crippen MR) is 94.5 cm³/mol. The molecule has 0 spiro atoms. The molecule has 0 unspecified atom stereocenters. The van der Waals surface area contributed by atoms with Gasteiger partial charge in [-0.1, -0.05) is 39.3 Å². The van der Waals surface area contributed by atoms with Gasteiger partial charge >= 0.3 is 5.97 Å². The highest BCUT2D eigenvalue weighted by Gasteiger charge is 2.57. The van der Waals surface area contributed by atoms with Gasteiger partial charge in [-0.05, 0) is 61.2 Å². The number of aliphatic hydroxyl groups is 2. The Morgan fingerprint density at radius 2 is 1.96 bits per heavy atom. The lowest BCUT2D eigenvalue weighted by atomic mass is 9.46. The second-order valence-corrected chi connectivity index (χ2v) is 9.11. The summed E-state index contributed by atoms with van der Waals surface area (Å²) in [7, 11) is 0. The molecule has 2 rings (SSSR count). The third-order valence-electron chi connectivity index (χ3n) is 6.96. The number of aliphatic hydroxyl groups excluding tert-OH is 2. The quantitative estimate of drug-likeness (QED) is 0.669. The molecule has 0 aromatic carbocycles. The Bertz CT molecular complexity index is 510. The van der Waals surface area contributed by atoms with Crippen LogP contribution in [0.5, 0.6) is 0 Å². The first-order valence-corrected chi connectivity index (χ1v) is 9.24. The lowest BCUT2D eigenvalue weighted by Gasteiger charge is -2.59. The highest BCUT2D eigenvalue weighted by Crippen LogP contribution is 2.60. The van der Waals surface area contributed by atoms with Gasteiger partial charge in [0.05, 0.1) is 12.2 Å². The number of aliphatic carboxylic acids is 1. The molecule has 2 aliphatic rings. The lowest BCUT2D eigenvalue weighted by Crippen LogP contribution is -2.59. The molecule has 0 aliphatic heterocycles. The smallest absolute Gasteiger partial charge is 0.303 e.